The number of rotatable bonds is 7. The van der Waals surface area contributed by atoms with E-state index >= 15 is 0 Å². The molecular formula is C27H24F7NO. The highest BCUT2D eigenvalue weighted by Gasteiger charge is 2.41. The van der Waals surface area contributed by atoms with Crippen molar-refractivity contribution in [2.24, 2.45) is 5.92 Å². The molecule has 0 aliphatic heterocycles. The number of nitrogens with zero attached hydrogens (tertiary/aromatic N) is 1. The minimum atomic E-state index is -4.64. The summed E-state index contributed by atoms with van der Waals surface area (Å²) < 4.78 is 102. The molecule has 0 unspecified atom stereocenters. The van der Waals surface area contributed by atoms with E-state index in [1.54, 1.807) is 12.3 Å². The van der Waals surface area contributed by atoms with Crippen LogP contribution in [0.2, 0.25) is 0 Å². The van der Waals surface area contributed by atoms with Crippen molar-refractivity contribution < 1.29 is 35.5 Å². The summed E-state index contributed by atoms with van der Waals surface area (Å²) >= 11 is 0. The Morgan fingerprint density at radius 2 is 1.47 bits per heavy atom. The summed E-state index contributed by atoms with van der Waals surface area (Å²) in [6, 6.07) is 5.07. The zero-order valence-electron chi connectivity index (χ0n) is 19.4. The summed E-state index contributed by atoms with van der Waals surface area (Å²) in [7, 11) is 0. The van der Waals surface area contributed by atoms with Gasteiger partial charge in [0.25, 0.3) is 0 Å². The fraction of sp³-hybridized carbons (Fsp3) is 0.370. The molecule has 0 radical (unpaired) electrons. The van der Waals surface area contributed by atoms with Crippen molar-refractivity contribution in [3.63, 3.8) is 0 Å². The van der Waals surface area contributed by atoms with Gasteiger partial charge in [-0.05, 0) is 61.3 Å². The lowest BCUT2D eigenvalue weighted by Gasteiger charge is -2.28. The first-order valence-corrected chi connectivity index (χ1v) is 11.8. The van der Waals surface area contributed by atoms with Crippen LogP contribution in [0.5, 0.6) is 5.75 Å². The summed E-state index contributed by atoms with van der Waals surface area (Å²) in [5.41, 5.74) is -0.613. The van der Waals surface area contributed by atoms with Crippen molar-refractivity contribution in [3.8, 4) is 17.0 Å². The van der Waals surface area contributed by atoms with E-state index in [1.807, 2.05) is 6.07 Å². The fourth-order valence-corrected chi connectivity index (χ4v) is 4.80. The van der Waals surface area contributed by atoms with Crippen LogP contribution in [-0.2, 0) is 6.11 Å². The maximum absolute atomic E-state index is 14.7. The molecule has 0 N–H and O–H groups in total. The first-order chi connectivity index (χ1) is 17.1. The molecule has 2 aromatic carbocycles. The van der Waals surface area contributed by atoms with Gasteiger partial charge in [-0.25, -0.2) is 22.0 Å². The van der Waals surface area contributed by atoms with E-state index in [2.05, 4.69) is 16.6 Å². The van der Waals surface area contributed by atoms with Crippen LogP contribution in [0.3, 0.4) is 0 Å². The van der Waals surface area contributed by atoms with Crippen LogP contribution in [0.1, 0.15) is 62.5 Å². The standard InChI is InChI=1S/C27H24F7NO/c1-2-3-15-4-6-16(7-5-15)17-8-9-24(35-14-17)18-10-20(28)25(21(29)11-18)27(33,34)36-19-12-22(30)26(32)23(31)13-19/h8-16H,2-7H2,1H3. The molecule has 0 saturated heterocycles. The highest BCUT2D eigenvalue weighted by molar-refractivity contribution is 5.60. The first-order valence-electron chi connectivity index (χ1n) is 11.8. The molecule has 1 fully saturated rings. The molecule has 36 heavy (non-hydrogen) atoms. The molecule has 1 aromatic heterocycles. The van der Waals surface area contributed by atoms with E-state index in [1.165, 1.54) is 12.8 Å². The van der Waals surface area contributed by atoms with Crippen molar-refractivity contribution in [2.45, 2.75) is 57.5 Å². The summed E-state index contributed by atoms with van der Waals surface area (Å²) in [6.07, 6.45) is 3.76. The molecule has 1 saturated carbocycles. The molecule has 9 heteroatoms. The number of alkyl halides is 2. The van der Waals surface area contributed by atoms with Crippen LogP contribution in [0.4, 0.5) is 30.7 Å². The fourth-order valence-electron chi connectivity index (χ4n) is 4.80. The second-order valence-electron chi connectivity index (χ2n) is 9.12. The van der Waals surface area contributed by atoms with Crippen LogP contribution in [0.25, 0.3) is 11.3 Å². The Hall–Kier alpha value is -3.10. The zero-order valence-corrected chi connectivity index (χ0v) is 19.4. The summed E-state index contributed by atoms with van der Waals surface area (Å²) in [4.78, 5) is 4.28. The second-order valence-corrected chi connectivity index (χ2v) is 9.12. The van der Waals surface area contributed by atoms with Crippen molar-refractivity contribution in [2.75, 3.05) is 0 Å². The molecule has 0 bridgehead atoms. The van der Waals surface area contributed by atoms with E-state index in [0.29, 0.717) is 18.1 Å². The number of pyridine rings is 1. The van der Waals surface area contributed by atoms with Crippen LogP contribution >= 0.6 is 0 Å². The molecule has 192 valence electrons. The molecular weight excluding hydrogens is 487 g/mol. The molecule has 0 spiro atoms. The lowest BCUT2D eigenvalue weighted by atomic mass is 9.77. The Bertz CT molecular complexity index is 1180. The van der Waals surface area contributed by atoms with Gasteiger partial charge >= 0.3 is 6.11 Å². The van der Waals surface area contributed by atoms with E-state index in [0.717, 1.165) is 37.2 Å². The third-order valence-electron chi connectivity index (χ3n) is 6.63. The van der Waals surface area contributed by atoms with E-state index in [4.69, 9.17) is 0 Å². The molecule has 1 heterocycles. The van der Waals surface area contributed by atoms with Gasteiger partial charge in [-0.1, -0.05) is 25.8 Å². The second kappa shape index (κ2) is 10.5. The Balaban J connectivity index is 1.53. The first kappa shape index (κ1) is 26.0. The highest BCUT2D eigenvalue weighted by Crippen LogP contribution is 2.39. The Morgan fingerprint density at radius 3 is 2.00 bits per heavy atom. The quantitative estimate of drug-likeness (QED) is 0.234. The van der Waals surface area contributed by atoms with Crippen molar-refractivity contribution in [1.29, 1.82) is 0 Å². The highest BCUT2D eigenvalue weighted by atomic mass is 19.3. The third kappa shape index (κ3) is 5.50. The van der Waals surface area contributed by atoms with Crippen molar-refractivity contribution in [3.05, 3.63) is 82.8 Å². The van der Waals surface area contributed by atoms with Crippen LogP contribution in [-0.4, -0.2) is 4.98 Å². The van der Waals surface area contributed by atoms with Crippen LogP contribution in [0, 0.1) is 35.0 Å². The maximum Gasteiger partial charge on any atom is 0.432 e. The minimum Gasteiger partial charge on any atom is -0.429 e. The lowest BCUT2D eigenvalue weighted by Crippen LogP contribution is -2.25. The minimum absolute atomic E-state index is 0.0679. The van der Waals surface area contributed by atoms with Crippen molar-refractivity contribution in [1.82, 2.24) is 4.98 Å². The van der Waals surface area contributed by atoms with Gasteiger partial charge in [0, 0.05) is 23.9 Å². The zero-order chi connectivity index (χ0) is 26.0. The molecule has 0 atom stereocenters. The molecule has 3 aromatic rings. The third-order valence-corrected chi connectivity index (χ3v) is 6.63. The monoisotopic (exact) mass is 511 g/mol. The van der Waals surface area contributed by atoms with Crippen molar-refractivity contribution >= 4 is 0 Å². The predicted molar refractivity (Wildman–Crippen MR) is 120 cm³/mol. The number of hydrogen-bond donors (Lipinski definition) is 0. The summed E-state index contributed by atoms with van der Waals surface area (Å²) in [6.45, 7) is 2.18. The smallest absolute Gasteiger partial charge is 0.429 e. The Kier molecular flexibility index (Phi) is 7.57. The maximum atomic E-state index is 14.7. The number of ether oxygens (including phenoxy) is 1. The Morgan fingerprint density at radius 1 is 0.861 bits per heavy atom. The number of hydrogen-bond acceptors (Lipinski definition) is 2. The van der Waals surface area contributed by atoms with Crippen LogP contribution in [0.15, 0.2) is 42.6 Å². The normalized spacial score (nSPS) is 18.3. The number of aromatic nitrogens is 1. The van der Waals surface area contributed by atoms with E-state index in [9.17, 15) is 30.7 Å². The predicted octanol–water partition coefficient (Wildman–Crippen LogP) is 8.65. The Labute approximate surface area is 204 Å². The summed E-state index contributed by atoms with van der Waals surface area (Å²) in [5, 5.41) is 0. The van der Waals surface area contributed by atoms with Gasteiger partial charge in [-0.15, -0.1) is 0 Å². The van der Waals surface area contributed by atoms with Gasteiger partial charge < -0.3 is 4.74 Å². The van der Waals surface area contributed by atoms with Gasteiger partial charge in [-0.3, -0.25) is 4.98 Å². The number of benzene rings is 2. The molecule has 1 aliphatic rings. The van der Waals surface area contributed by atoms with Gasteiger partial charge in [-0.2, -0.15) is 8.78 Å². The number of halogens is 7. The average Bonchev–Trinajstić information content (AvgIpc) is 2.82. The lowest BCUT2D eigenvalue weighted by molar-refractivity contribution is -0.189. The average molecular weight is 511 g/mol. The SMILES string of the molecule is CCCC1CCC(c2ccc(-c3cc(F)c(C(F)(F)Oc4cc(F)c(F)c(F)c4)c(F)c3)nc2)CC1. The summed E-state index contributed by atoms with van der Waals surface area (Å²) in [5.74, 6) is -8.80. The van der Waals surface area contributed by atoms with Crippen LogP contribution < -0.4 is 4.74 Å². The largest absolute Gasteiger partial charge is 0.432 e. The molecule has 4 rings (SSSR count). The van der Waals surface area contributed by atoms with Gasteiger partial charge in [0.15, 0.2) is 17.5 Å². The van der Waals surface area contributed by atoms with Gasteiger partial charge in [0.1, 0.15) is 22.9 Å². The van der Waals surface area contributed by atoms with E-state index < -0.39 is 46.5 Å². The van der Waals surface area contributed by atoms with E-state index in [-0.39, 0.29) is 23.4 Å². The van der Waals surface area contributed by atoms with Gasteiger partial charge in [0.2, 0.25) is 0 Å². The molecule has 2 nitrogen and oxygen atoms in total. The molecule has 1 aliphatic carbocycles. The molecule has 0 amide bonds. The van der Waals surface area contributed by atoms with Gasteiger partial charge in [0.05, 0.1) is 5.69 Å². The topological polar surface area (TPSA) is 22.1 Å².